The van der Waals surface area contributed by atoms with Crippen molar-refractivity contribution in [1.82, 2.24) is 10.6 Å². The number of hydrogen-bond acceptors (Lipinski definition) is 3. The Labute approximate surface area is 138 Å². The fourth-order valence-electron chi connectivity index (χ4n) is 2.73. The van der Waals surface area contributed by atoms with Gasteiger partial charge in [-0.25, -0.2) is 0 Å². The first-order chi connectivity index (χ1) is 10.7. The lowest BCUT2D eigenvalue weighted by Crippen LogP contribution is -2.47. The monoisotopic (exact) mass is 331 g/mol. The summed E-state index contributed by atoms with van der Waals surface area (Å²) in [6.45, 7) is 6.47. The molecule has 1 saturated carbocycles. The lowest BCUT2D eigenvalue weighted by atomic mass is 9.95. The summed E-state index contributed by atoms with van der Waals surface area (Å²) in [6.07, 6.45) is 6.63. The second-order valence-electron chi connectivity index (χ2n) is 5.76. The minimum atomic E-state index is -0.681. The molecule has 0 heterocycles. The molecule has 0 radical (unpaired) electrons. The van der Waals surface area contributed by atoms with E-state index >= 15 is 0 Å². The summed E-state index contributed by atoms with van der Waals surface area (Å²) in [6, 6.07) is 0.376. The van der Waals surface area contributed by atoms with E-state index in [-0.39, 0.29) is 0 Å². The molecule has 0 amide bonds. The Balaban J connectivity index is 2.26. The smallest absolute Gasteiger partial charge is 0.191 e. The van der Waals surface area contributed by atoms with Gasteiger partial charge in [0, 0.05) is 48.0 Å². The topological polar surface area (TPSA) is 62.7 Å². The van der Waals surface area contributed by atoms with Crippen molar-refractivity contribution in [2.24, 2.45) is 4.99 Å². The molecule has 0 aromatic heterocycles. The Morgan fingerprint density at radius 1 is 1.32 bits per heavy atom. The Kier molecular flexibility index (Phi) is 10.5. The zero-order chi connectivity index (χ0) is 16.2. The summed E-state index contributed by atoms with van der Waals surface area (Å²) in [5.41, 5.74) is 0. The van der Waals surface area contributed by atoms with E-state index in [1.807, 2.05) is 6.92 Å². The number of aliphatic imine (C=N–C) groups is 1. The Morgan fingerprint density at radius 3 is 2.82 bits per heavy atom. The number of nitrogens with zero attached hydrogens (tertiary/aromatic N) is 1. The SMILES string of the molecule is CCCCOCCNC(=NC)NC1CCCC(S(=O)CC)C1. The van der Waals surface area contributed by atoms with Gasteiger partial charge in [0.25, 0.3) is 0 Å². The van der Waals surface area contributed by atoms with Gasteiger partial charge in [-0.1, -0.05) is 26.7 Å². The molecule has 0 aliphatic heterocycles. The van der Waals surface area contributed by atoms with Crippen LogP contribution in [0.2, 0.25) is 0 Å². The number of nitrogens with one attached hydrogen (secondary N) is 2. The van der Waals surface area contributed by atoms with Crippen molar-refractivity contribution in [3.63, 3.8) is 0 Å². The first-order valence-electron chi connectivity index (χ1n) is 8.63. The molecule has 0 aromatic carbocycles. The third kappa shape index (κ3) is 7.58. The molecule has 130 valence electrons. The third-order valence-electron chi connectivity index (χ3n) is 4.03. The predicted octanol–water partition coefficient (Wildman–Crippen LogP) is 2.05. The number of rotatable bonds is 9. The molecule has 0 bridgehead atoms. The Hall–Kier alpha value is -0.620. The molecule has 22 heavy (non-hydrogen) atoms. The molecule has 0 spiro atoms. The molecule has 3 atom stereocenters. The molecule has 2 N–H and O–H groups in total. The van der Waals surface area contributed by atoms with Crippen molar-refractivity contribution in [2.75, 3.05) is 32.6 Å². The van der Waals surface area contributed by atoms with E-state index in [9.17, 15) is 4.21 Å². The van der Waals surface area contributed by atoms with Gasteiger partial charge in [0.05, 0.1) is 6.61 Å². The van der Waals surface area contributed by atoms with Crippen molar-refractivity contribution < 1.29 is 8.95 Å². The molecule has 1 aliphatic carbocycles. The Morgan fingerprint density at radius 2 is 2.14 bits per heavy atom. The molecule has 6 heteroatoms. The maximum Gasteiger partial charge on any atom is 0.191 e. The quantitative estimate of drug-likeness (QED) is 0.386. The van der Waals surface area contributed by atoms with E-state index in [0.717, 1.165) is 57.0 Å². The molecule has 1 fully saturated rings. The van der Waals surface area contributed by atoms with Crippen LogP contribution in [0.5, 0.6) is 0 Å². The van der Waals surface area contributed by atoms with E-state index in [1.165, 1.54) is 6.42 Å². The van der Waals surface area contributed by atoms with Crippen LogP contribution in [0.15, 0.2) is 4.99 Å². The van der Waals surface area contributed by atoms with Gasteiger partial charge in [-0.15, -0.1) is 0 Å². The molecule has 0 aromatic rings. The van der Waals surface area contributed by atoms with E-state index < -0.39 is 10.8 Å². The Bertz CT molecular complexity index is 350. The predicted molar refractivity (Wildman–Crippen MR) is 95.0 cm³/mol. The van der Waals surface area contributed by atoms with Gasteiger partial charge in [-0.05, 0) is 25.7 Å². The highest BCUT2D eigenvalue weighted by molar-refractivity contribution is 7.85. The molecule has 5 nitrogen and oxygen atoms in total. The first-order valence-corrected chi connectivity index (χ1v) is 10.0. The standard InChI is InChI=1S/C16H33N3O2S/c1-4-6-11-21-12-10-18-16(17-3)19-14-8-7-9-15(13-14)22(20)5-2/h14-15H,4-13H2,1-3H3,(H2,17,18,19). The average Bonchev–Trinajstić information content (AvgIpc) is 2.56. The highest BCUT2D eigenvalue weighted by Crippen LogP contribution is 2.22. The zero-order valence-corrected chi connectivity index (χ0v) is 15.2. The van der Waals surface area contributed by atoms with Crippen LogP contribution in [0.25, 0.3) is 0 Å². The first kappa shape index (κ1) is 19.4. The second kappa shape index (κ2) is 11.9. The minimum Gasteiger partial charge on any atom is -0.380 e. The van der Waals surface area contributed by atoms with Crippen LogP contribution in [0, 0.1) is 0 Å². The molecule has 0 saturated heterocycles. The van der Waals surface area contributed by atoms with E-state index in [1.54, 1.807) is 7.05 Å². The molecule has 1 rings (SSSR count). The maximum atomic E-state index is 12.0. The largest absolute Gasteiger partial charge is 0.380 e. The van der Waals surface area contributed by atoms with Crippen molar-refractivity contribution in [1.29, 1.82) is 0 Å². The second-order valence-corrected chi connectivity index (χ2v) is 7.77. The van der Waals surface area contributed by atoms with Crippen molar-refractivity contribution in [3.8, 4) is 0 Å². The van der Waals surface area contributed by atoms with Crippen LogP contribution in [0.4, 0.5) is 0 Å². The third-order valence-corrected chi connectivity index (χ3v) is 5.77. The summed E-state index contributed by atoms with van der Waals surface area (Å²) < 4.78 is 17.5. The fourth-order valence-corrected chi connectivity index (χ4v) is 4.08. The van der Waals surface area contributed by atoms with Crippen LogP contribution in [0.3, 0.4) is 0 Å². The van der Waals surface area contributed by atoms with E-state index in [0.29, 0.717) is 17.9 Å². The summed E-state index contributed by atoms with van der Waals surface area (Å²) in [7, 11) is 1.11. The normalized spacial score (nSPS) is 24.0. The molecule has 3 unspecified atom stereocenters. The van der Waals surface area contributed by atoms with Crippen LogP contribution < -0.4 is 10.6 Å². The van der Waals surface area contributed by atoms with Crippen LogP contribution in [0.1, 0.15) is 52.4 Å². The van der Waals surface area contributed by atoms with Crippen LogP contribution >= 0.6 is 0 Å². The summed E-state index contributed by atoms with van der Waals surface area (Å²) in [5, 5.41) is 7.09. The average molecular weight is 332 g/mol. The molecular weight excluding hydrogens is 298 g/mol. The maximum absolute atomic E-state index is 12.0. The molecule has 1 aliphatic rings. The number of guanidine groups is 1. The number of ether oxygens (including phenoxy) is 1. The van der Waals surface area contributed by atoms with E-state index in [2.05, 4.69) is 22.5 Å². The van der Waals surface area contributed by atoms with Gasteiger partial charge in [-0.2, -0.15) is 0 Å². The summed E-state index contributed by atoms with van der Waals surface area (Å²) in [4.78, 5) is 4.27. The van der Waals surface area contributed by atoms with Crippen LogP contribution in [-0.4, -0.2) is 54.0 Å². The van der Waals surface area contributed by atoms with Gasteiger partial charge >= 0.3 is 0 Å². The van der Waals surface area contributed by atoms with Gasteiger partial charge in [0.2, 0.25) is 0 Å². The van der Waals surface area contributed by atoms with Crippen molar-refractivity contribution >= 4 is 16.8 Å². The highest BCUT2D eigenvalue weighted by atomic mass is 32.2. The number of hydrogen-bond donors (Lipinski definition) is 2. The summed E-state index contributed by atoms with van der Waals surface area (Å²) in [5.74, 6) is 1.59. The van der Waals surface area contributed by atoms with Crippen molar-refractivity contribution in [2.45, 2.75) is 63.7 Å². The van der Waals surface area contributed by atoms with Gasteiger partial charge < -0.3 is 15.4 Å². The van der Waals surface area contributed by atoms with Crippen LogP contribution in [-0.2, 0) is 15.5 Å². The van der Waals surface area contributed by atoms with E-state index in [4.69, 9.17) is 4.74 Å². The minimum absolute atomic E-state index is 0.340. The lowest BCUT2D eigenvalue weighted by Gasteiger charge is -2.30. The number of unbranched alkanes of at least 4 members (excludes halogenated alkanes) is 1. The zero-order valence-electron chi connectivity index (χ0n) is 14.4. The molecular formula is C16H33N3O2S. The van der Waals surface area contributed by atoms with Gasteiger partial charge in [-0.3, -0.25) is 9.20 Å². The highest BCUT2D eigenvalue weighted by Gasteiger charge is 2.25. The lowest BCUT2D eigenvalue weighted by molar-refractivity contribution is 0.136. The van der Waals surface area contributed by atoms with Crippen molar-refractivity contribution in [3.05, 3.63) is 0 Å². The van der Waals surface area contributed by atoms with Gasteiger partial charge in [0.15, 0.2) is 5.96 Å². The summed E-state index contributed by atoms with van der Waals surface area (Å²) >= 11 is 0. The fraction of sp³-hybridized carbons (Fsp3) is 0.938. The van der Waals surface area contributed by atoms with Gasteiger partial charge in [0.1, 0.15) is 0 Å².